The predicted molar refractivity (Wildman–Crippen MR) is 185 cm³/mol. The van der Waals surface area contributed by atoms with Crippen molar-refractivity contribution in [3.63, 3.8) is 0 Å². The van der Waals surface area contributed by atoms with Crippen LogP contribution in [0.25, 0.3) is 44.4 Å². The van der Waals surface area contributed by atoms with E-state index in [1.54, 1.807) is 0 Å². The van der Waals surface area contributed by atoms with Crippen molar-refractivity contribution in [2.75, 3.05) is 4.90 Å². The van der Waals surface area contributed by atoms with Crippen LogP contribution in [0.3, 0.4) is 0 Å². The summed E-state index contributed by atoms with van der Waals surface area (Å²) < 4.78 is 14.9. The maximum absolute atomic E-state index is 6.52. The number of hydrogen-bond acceptors (Lipinski definition) is 5. The van der Waals surface area contributed by atoms with E-state index in [1.807, 2.05) is 73.9 Å². The Morgan fingerprint density at radius 3 is 2.39 bits per heavy atom. The smallest absolute Gasteiger partial charge is 0.154 e. The van der Waals surface area contributed by atoms with Gasteiger partial charge in [-0.15, -0.1) is 0 Å². The Bertz CT molecular complexity index is 2470. The molecule has 1 aliphatic rings. The molecule has 1 aliphatic heterocycles. The van der Waals surface area contributed by atoms with Crippen LogP contribution in [-0.4, -0.2) is 14.5 Å². The van der Waals surface area contributed by atoms with Crippen LogP contribution in [0, 0.1) is 0 Å². The van der Waals surface area contributed by atoms with Crippen LogP contribution >= 0.6 is 0 Å². The number of rotatable bonds is 4. The highest BCUT2D eigenvalue weighted by Gasteiger charge is 2.40. The van der Waals surface area contributed by atoms with Gasteiger partial charge in [-0.1, -0.05) is 80.6 Å². The number of pyridine rings is 1. The second-order valence-corrected chi connectivity index (χ2v) is 12.4. The van der Waals surface area contributed by atoms with Crippen molar-refractivity contribution in [1.82, 2.24) is 14.5 Å². The number of fused-ring (bicyclic) bond motifs is 7. The van der Waals surface area contributed by atoms with Crippen molar-refractivity contribution >= 4 is 50.2 Å². The quantitative estimate of drug-likeness (QED) is 0.202. The molecular formula is C40H30N4O2. The van der Waals surface area contributed by atoms with E-state index in [-0.39, 0.29) is 5.41 Å². The van der Waals surface area contributed by atoms with Gasteiger partial charge in [0.15, 0.2) is 5.58 Å². The fourth-order valence-electron chi connectivity index (χ4n) is 7.10. The summed E-state index contributed by atoms with van der Waals surface area (Å²) >= 11 is 0. The molecule has 222 valence electrons. The molecule has 8 aromatic rings. The summed E-state index contributed by atoms with van der Waals surface area (Å²) in [6.07, 6.45) is 1.86. The fraction of sp³-hybridized carbons (Fsp3) is 0.100. The number of para-hydroxylation sites is 4. The monoisotopic (exact) mass is 598 g/mol. The van der Waals surface area contributed by atoms with Crippen molar-refractivity contribution in [2.24, 2.45) is 7.05 Å². The molecule has 0 saturated heterocycles. The average Bonchev–Trinajstić information content (AvgIpc) is 3.63. The van der Waals surface area contributed by atoms with Gasteiger partial charge in [-0.05, 0) is 54.1 Å². The molecule has 6 heteroatoms. The van der Waals surface area contributed by atoms with Crippen LogP contribution in [0.15, 0.2) is 132 Å². The van der Waals surface area contributed by atoms with Crippen LogP contribution < -0.4 is 9.64 Å². The number of imidazole rings is 1. The number of furan rings is 1. The molecule has 3 aromatic heterocycles. The summed E-state index contributed by atoms with van der Waals surface area (Å²) in [4.78, 5) is 12.2. The van der Waals surface area contributed by atoms with E-state index in [4.69, 9.17) is 19.1 Å². The topological polar surface area (TPSA) is 56.3 Å². The first-order chi connectivity index (χ1) is 22.5. The number of aryl methyl sites for hydroxylation is 1. The molecule has 4 heterocycles. The van der Waals surface area contributed by atoms with E-state index in [0.717, 1.165) is 78.6 Å². The lowest BCUT2D eigenvalue weighted by molar-refractivity contribution is 0.483. The van der Waals surface area contributed by atoms with Gasteiger partial charge in [0.05, 0.1) is 28.6 Å². The third kappa shape index (κ3) is 3.90. The second kappa shape index (κ2) is 9.81. The van der Waals surface area contributed by atoms with Gasteiger partial charge in [-0.3, -0.25) is 4.90 Å². The van der Waals surface area contributed by atoms with Gasteiger partial charge in [0, 0.05) is 40.4 Å². The van der Waals surface area contributed by atoms with Crippen molar-refractivity contribution in [3.8, 4) is 22.9 Å². The normalized spacial score (nSPS) is 13.7. The molecule has 0 spiro atoms. The Balaban J connectivity index is 1.16. The Kier molecular flexibility index (Phi) is 5.66. The van der Waals surface area contributed by atoms with Gasteiger partial charge in [-0.25, -0.2) is 9.97 Å². The van der Waals surface area contributed by atoms with E-state index in [2.05, 4.69) is 84.0 Å². The van der Waals surface area contributed by atoms with Crippen LogP contribution in [0.4, 0.5) is 17.2 Å². The molecule has 0 N–H and O–H groups in total. The van der Waals surface area contributed by atoms with Crippen LogP contribution in [0.5, 0.6) is 11.5 Å². The van der Waals surface area contributed by atoms with E-state index in [0.29, 0.717) is 0 Å². The lowest BCUT2D eigenvalue weighted by Crippen LogP contribution is -2.31. The molecule has 0 unspecified atom stereocenters. The second-order valence-electron chi connectivity index (χ2n) is 12.4. The molecule has 0 fully saturated rings. The lowest BCUT2D eigenvalue weighted by atomic mass is 9.73. The Morgan fingerprint density at radius 1 is 0.739 bits per heavy atom. The summed E-state index contributed by atoms with van der Waals surface area (Å²) in [7, 11) is 2.05. The van der Waals surface area contributed by atoms with Gasteiger partial charge in [0.2, 0.25) is 0 Å². The van der Waals surface area contributed by atoms with Gasteiger partial charge in [0.1, 0.15) is 28.7 Å². The van der Waals surface area contributed by atoms with E-state index in [9.17, 15) is 0 Å². The lowest BCUT2D eigenvalue weighted by Gasteiger charge is -2.41. The predicted octanol–water partition coefficient (Wildman–Crippen LogP) is 10.4. The summed E-state index contributed by atoms with van der Waals surface area (Å²) in [6, 6.07) is 41.3. The molecule has 9 rings (SSSR count). The van der Waals surface area contributed by atoms with Crippen molar-refractivity contribution in [2.45, 2.75) is 19.3 Å². The summed E-state index contributed by atoms with van der Waals surface area (Å²) in [6.45, 7) is 4.56. The number of anilines is 3. The standard InChI is InChI=1S/C40H30N4O2/c1-40(2)30-17-5-7-19-32(30)44(39-37(40)36-29-16-4-9-21-34(29)46-35(36)24-41-39)26-13-11-15-28(23-26)45-27-14-10-12-25(22-27)38-42-31-18-6-8-20-33(31)43(38)3/h4-24H,1-3H3. The molecule has 46 heavy (non-hydrogen) atoms. The van der Waals surface area contributed by atoms with E-state index in [1.165, 1.54) is 5.56 Å². The van der Waals surface area contributed by atoms with Gasteiger partial charge in [-0.2, -0.15) is 0 Å². The zero-order chi connectivity index (χ0) is 31.0. The largest absolute Gasteiger partial charge is 0.457 e. The van der Waals surface area contributed by atoms with E-state index >= 15 is 0 Å². The summed E-state index contributed by atoms with van der Waals surface area (Å²) in [5.74, 6) is 3.27. The first-order valence-electron chi connectivity index (χ1n) is 15.5. The third-order valence-electron chi connectivity index (χ3n) is 9.25. The minimum absolute atomic E-state index is 0.314. The van der Waals surface area contributed by atoms with Gasteiger partial charge >= 0.3 is 0 Å². The Morgan fingerprint density at radius 2 is 1.50 bits per heavy atom. The first kappa shape index (κ1) is 26.5. The molecule has 6 nitrogen and oxygen atoms in total. The number of ether oxygens (including phenoxy) is 1. The number of aromatic nitrogens is 3. The summed E-state index contributed by atoms with van der Waals surface area (Å²) in [5.41, 5.74) is 8.84. The molecular weight excluding hydrogens is 568 g/mol. The Hall–Kier alpha value is -5.88. The van der Waals surface area contributed by atoms with Crippen LogP contribution in [0.2, 0.25) is 0 Å². The number of nitrogens with zero attached hydrogens (tertiary/aromatic N) is 4. The minimum atomic E-state index is -0.314. The van der Waals surface area contributed by atoms with Crippen molar-refractivity contribution in [1.29, 1.82) is 0 Å². The maximum atomic E-state index is 6.52. The van der Waals surface area contributed by atoms with Gasteiger partial charge in [0.25, 0.3) is 0 Å². The molecule has 0 amide bonds. The maximum Gasteiger partial charge on any atom is 0.154 e. The van der Waals surface area contributed by atoms with Crippen molar-refractivity contribution < 1.29 is 9.15 Å². The highest BCUT2D eigenvalue weighted by Crippen LogP contribution is 2.54. The molecule has 0 atom stereocenters. The third-order valence-corrected chi connectivity index (χ3v) is 9.25. The fourth-order valence-corrected chi connectivity index (χ4v) is 7.10. The van der Waals surface area contributed by atoms with E-state index < -0.39 is 0 Å². The SMILES string of the molecule is Cn1c(-c2cccc(Oc3cccc(N4c5ccccc5C(C)(C)c5c4ncc4oc6ccccc6c54)c3)c2)nc2ccccc21. The molecule has 0 bridgehead atoms. The number of benzene rings is 5. The van der Waals surface area contributed by atoms with Gasteiger partial charge < -0.3 is 13.7 Å². The average molecular weight is 599 g/mol. The zero-order valence-corrected chi connectivity index (χ0v) is 25.7. The molecule has 0 radical (unpaired) electrons. The van der Waals surface area contributed by atoms with Crippen LogP contribution in [-0.2, 0) is 12.5 Å². The molecule has 0 aliphatic carbocycles. The van der Waals surface area contributed by atoms with Crippen molar-refractivity contribution in [3.05, 3.63) is 139 Å². The highest BCUT2D eigenvalue weighted by molar-refractivity contribution is 6.10. The summed E-state index contributed by atoms with van der Waals surface area (Å²) in [5, 5.41) is 2.21. The van der Waals surface area contributed by atoms with Crippen LogP contribution in [0.1, 0.15) is 25.0 Å². The first-order valence-corrected chi connectivity index (χ1v) is 15.5. The number of hydrogen-bond donors (Lipinski definition) is 0. The minimum Gasteiger partial charge on any atom is -0.457 e. The Labute approximate surface area is 266 Å². The zero-order valence-electron chi connectivity index (χ0n) is 25.7. The molecule has 5 aromatic carbocycles. The molecule has 0 saturated carbocycles. The highest BCUT2D eigenvalue weighted by atomic mass is 16.5.